The van der Waals surface area contributed by atoms with E-state index in [4.69, 9.17) is 5.73 Å². The summed E-state index contributed by atoms with van der Waals surface area (Å²) in [6.07, 6.45) is 2.80. The molecule has 2 amide bonds. The molecule has 0 aliphatic rings. The minimum Gasteiger partial charge on any atom is -0.346 e. The van der Waals surface area contributed by atoms with Crippen LogP contribution >= 0.6 is 0 Å². The van der Waals surface area contributed by atoms with Gasteiger partial charge in [-0.05, 0) is 18.4 Å². The quantitative estimate of drug-likeness (QED) is 0.731. The second-order valence-electron chi connectivity index (χ2n) is 5.26. The largest absolute Gasteiger partial charge is 0.346 e. The zero-order chi connectivity index (χ0) is 16.4. The Kier molecular flexibility index (Phi) is 8.22. The molecule has 0 aliphatic heterocycles. The molecule has 0 saturated carbocycles. The van der Waals surface area contributed by atoms with Gasteiger partial charge in [-0.2, -0.15) is 0 Å². The molecule has 1 unspecified atom stereocenters. The van der Waals surface area contributed by atoms with Gasteiger partial charge in [-0.15, -0.1) is 0 Å². The minimum absolute atomic E-state index is 0.00306. The van der Waals surface area contributed by atoms with Crippen LogP contribution in [0.15, 0.2) is 30.3 Å². The molecule has 1 rings (SSSR count). The zero-order valence-corrected chi connectivity index (χ0v) is 13.5. The van der Waals surface area contributed by atoms with Gasteiger partial charge in [0.05, 0.1) is 19.1 Å². The van der Waals surface area contributed by atoms with Crippen LogP contribution in [0.5, 0.6) is 0 Å². The SMILES string of the molecule is CCCCN(C(=O)CNC(=O)CN)C(CC)c1ccccc1. The third kappa shape index (κ3) is 5.48. The molecule has 1 atom stereocenters. The molecular weight excluding hydrogens is 278 g/mol. The van der Waals surface area contributed by atoms with Gasteiger partial charge in [0.15, 0.2) is 0 Å². The number of nitrogens with one attached hydrogen (secondary N) is 1. The zero-order valence-electron chi connectivity index (χ0n) is 13.5. The first-order valence-corrected chi connectivity index (χ1v) is 7.95. The highest BCUT2D eigenvalue weighted by Gasteiger charge is 2.23. The maximum atomic E-state index is 12.5. The van der Waals surface area contributed by atoms with E-state index in [1.807, 2.05) is 35.2 Å². The molecule has 3 N–H and O–H groups in total. The topological polar surface area (TPSA) is 75.4 Å². The number of carbonyl (C=O) groups is 2. The predicted molar refractivity (Wildman–Crippen MR) is 88.2 cm³/mol. The van der Waals surface area contributed by atoms with E-state index in [9.17, 15) is 9.59 Å². The highest BCUT2D eigenvalue weighted by molar-refractivity contribution is 5.85. The number of amides is 2. The van der Waals surface area contributed by atoms with Gasteiger partial charge >= 0.3 is 0 Å². The van der Waals surface area contributed by atoms with Crippen molar-refractivity contribution in [3.05, 3.63) is 35.9 Å². The molecule has 1 aromatic rings. The molecule has 0 aromatic heterocycles. The molecule has 0 bridgehead atoms. The average molecular weight is 305 g/mol. The summed E-state index contributed by atoms with van der Waals surface area (Å²) in [4.78, 5) is 25.6. The number of unbranched alkanes of at least 4 members (excludes halogenated alkanes) is 1. The standard InChI is InChI=1S/C17H27N3O2/c1-3-5-11-20(17(22)13-19-16(21)12-18)15(4-2)14-9-7-6-8-10-14/h6-10,15H,3-5,11-13,18H2,1-2H3,(H,19,21). The summed E-state index contributed by atoms with van der Waals surface area (Å²) in [5, 5.41) is 2.56. The first kappa shape index (κ1) is 18.2. The Labute approximate surface area is 132 Å². The third-order valence-electron chi connectivity index (χ3n) is 3.64. The first-order chi connectivity index (χ1) is 10.6. The smallest absolute Gasteiger partial charge is 0.242 e. The van der Waals surface area contributed by atoms with Crippen LogP contribution in [-0.4, -0.2) is 36.3 Å². The van der Waals surface area contributed by atoms with Crippen molar-refractivity contribution in [2.75, 3.05) is 19.6 Å². The van der Waals surface area contributed by atoms with Crippen molar-refractivity contribution in [1.29, 1.82) is 0 Å². The molecular formula is C17H27N3O2. The summed E-state index contributed by atoms with van der Waals surface area (Å²) < 4.78 is 0. The Morgan fingerprint density at radius 2 is 1.91 bits per heavy atom. The Morgan fingerprint density at radius 1 is 1.23 bits per heavy atom. The lowest BCUT2D eigenvalue weighted by Crippen LogP contribution is -2.43. The van der Waals surface area contributed by atoms with Gasteiger partial charge in [-0.25, -0.2) is 0 Å². The van der Waals surface area contributed by atoms with E-state index < -0.39 is 0 Å². The van der Waals surface area contributed by atoms with E-state index in [0.29, 0.717) is 6.54 Å². The molecule has 5 nitrogen and oxygen atoms in total. The lowest BCUT2D eigenvalue weighted by atomic mass is 10.0. The van der Waals surface area contributed by atoms with Crippen LogP contribution in [0.3, 0.4) is 0 Å². The van der Waals surface area contributed by atoms with Crippen molar-refractivity contribution in [1.82, 2.24) is 10.2 Å². The predicted octanol–water partition coefficient (Wildman–Crippen LogP) is 1.84. The lowest BCUT2D eigenvalue weighted by molar-refractivity contribution is -0.135. The lowest BCUT2D eigenvalue weighted by Gasteiger charge is -2.32. The second kappa shape index (κ2) is 9.95. The van der Waals surface area contributed by atoms with E-state index >= 15 is 0 Å². The van der Waals surface area contributed by atoms with Gasteiger partial charge in [0.25, 0.3) is 0 Å². The number of hydrogen-bond acceptors (Lipinski definition) is 3. The van der Waals surface area contributed by atoms with Crippen LogP contribution in [0.25, 0.3) is 0 Å². The fourth-order valence-electron chi connectivity index (χ4n) is 2.44. The van der Waals surface area contributed by atoms with E-state index in [1.165, 1.54) is 0 Å². The van der Waals surface area contributed by atoms with Gasteiger partial charge in [0.1, 0.15) is 0 Å². The van der Waals surface area contributed by atoms with Gasteiger partial charge in [0.2, 0.25) is 11.8 Å². The molecule has 0 radical (unpaired) electrons. The summed E-state index contributed by atoms with van der Waals surface area (Å²) in [6.45, 7) is 4.77. The fourth-order valence-corrected chi connectivity index (χ4v) is 2.44. The monoisotopic (exact) mass is 305 g/mol. The van der Waals surface area contributed by atoms with Crippen molar-refractivity contribution < 1.29 is 9.59 Å². The third-order valence-corrected chi connectivity index (χ3v) is 3.64. The van der Waals surface area contributed by atoms with Crippen LogP contribution in [-0.2, 0) is 9.59 Å². The highest BCUT2D eigenvalue weighted by Crippen LogP contribution is 2.24. The normalized spacial score (nSPS) is 11.8. The van der Waals surface area contributed by atoms with Crippen LogP contribution in [0.2, 0.25) is 0 Å². The Bertz CT molecular complexity index is 462. The summed E-state index contributed by atoms with van der Waals surface area (Å²) in [7, 11) is 0. The molecule has 0 spiro atoms. The number of carbonyl (C=O) groups excluding carboxylic acids is 2. The fraction of sp³-hybridized carbons (Fsp3) is 0.529. The second-order valence-corrected chi connectivity index (χ2v) is 5.26. The number of nitrogens with two attached hydrogens (primary N) is 1. The van der Waals surface area contributed by atoms with Crippen molar-refractivity contribution in [3.8, 4) is 0 Å². The van der Waals surface area contributed by atoms with Crippen molar-refractivity contribution in [2.24, 2.45) is 5.73 Å². The number of rotatable bonds is 9. The molecule has 0 saturated heterocycles. The van der Waals surface area contributed by atoms with Crippen LogP contribution in [0.1, 0.15) is 44.7 Å². The summed E-state index contributed by atoms with van der Waals surface area (Å²) in [5.74, 6) is -0.373. The molecule has 5 heteroatoms. The molecule has 0 heterocycles. The van der Waals surface area contributed by atoms with E-state index in [0.717, 1.165) is 24.8 Å². The Morgan fingerprint density at radius 3 is 2.45 bits per heavy atom. The van der Waals surface area contributed by atoms with Crippen molar-refractivity contribution in [3.63, 3.8) is 0 Å². The van der Waals surface area contributed by atoms with Crippen molar-refractivity contribution >= 4 is 11.8 Å². The van der Waals surface area contributed by atoms with Gasteiger partial charge < -0.3 is 16.0 Å². The number of hydrogen-bond donors (Lipinski definition) is 2. The Balaban J connectivity index is 2.84. The maximum absolute atomic E-state index is 12.5. The van der Waals surface area contributed by atoms with E-state index in [1.54, 1.807) is 0 Å². The van der Waals surface area contributed by atoms with Crippen LogP contribution in [0, 0.1) is 0 Å². The molecule has 0 aliphatic carbocycles. The Hall–Kier alpha value is -1.88. The van der Waals surface area contributed by atoms with Crippen LogP contribution < -0.4 is 11.1 Å². The maximum Gasteiger partial charge on any atom is 0.242 e. The first-order valence-electron chi connectivity index (χ1n) is 7.95. The molecule has 122 valence electrons. The van der Waals surface area contributed by atoms with Crippen LogP contribution in [0.4, 0.5) is 0 Å². The average Bonchev–Trinajstić information content (AvgIpc) is 2.56. The van der Waals surface area contributed by atoms with E-state index in [2.05, 4.69) is 19.2 Å². The molecule has 22 heavy (non-hydrogen) atoms. The van der Waals surface area contributed by atoms with Gasteiger partial charge in [0, 0.05) is 6.54 Å². The molecule has 1 aromatic carbocycles. The van der Waals surface area contributed by atoms with Gasteiger partial charge in [-0.3, -0.25) is 9.59 Å². The molecule has 0 fully saturated rings. The van der Waals surface area contributed by atoms with Crippen molar-refractivity contribution in [2.45, 2.75) is 39.2 Å². The minimum atomic E-state index is -0.309. The van der Waals surface area contributed by atoms with E-state index in [-0.39, 0.29) is 30.9 Å². The number of nitrogens with zero attached hydrogens (tertiary/aromatic N) is 1. The summed E-state index contributed by atoms with van der Waals surface area (Å²) in [5.41, 5.74) is 6.38. The summed E-state index contributed by atoms with van der Waals surface area (Å²) in [6, 6.07) is 10.1. The summed E-state index contributed by atoms with van der Waals surface area (Å²) >= 11 is 0. The number of benzene rings is 1. The van der Waals surface area contributed by atoms with Gasteiger partial charge in [-0.1, -0.05) is 50.6 Å². The highest BCUT2D eigenvalue weighted by atomic mass is 16.2.